The summed E-state index contributed by atoms with van der Waals surface area (Å²) in [6, 6.07) is 13.8. The molecule has 0 aliphatic carbocycles. The Hall–Kier alpha value is -2.53. The Bertz CT molecular complexity index is 704. The summed E-state index contributed by atoms with van der Waals surface area (Å²) in [7, 11) is 0. The molecule has 0 N–H and O–H groups in total. The summed E-state index contributed by atoms with van der Waals surface area (Å²) in [4.78, 5) is 26.4. The van der Waals surface area contributed by atoms with E-state index in [2.05, 4.69) is 0 Å². The first-order chi connectivity index (χ1) is 11.6. The second-order valence-corrected chi connectivity index (χ2v) is 5.72. The fourth-order valence-corrected chi connectivity index (χ4v) is 2.64. The number of carbonyl (C=O) groups is 2. The van der Waals surface area contributed by atoms with Crippen molar-refractivity contribution >= 4 is 29.2 Å². The largest absolute Gasteiger partial charge is 0.460 e. The lowest BCUT2D eigenvalue weighted by Gasteiger charge is -2.24. The van der Waals surface area contributed by atoms with Crippen LogP contribution in [0.1, 0.15) is 20.7 Å². The Balaban J connectivity index is 1.81. The number of rotatable bonds is 1. The van der Waals surface area contributed by atoms with Gasteiger partial charge in [-0.05, 0) is 36.4 Å². The zero-order valence-electron chi connectivity index (χ0n) is 12.9. The van der Waals surface area contributed by atoms with Crippen molar-refractivity contribution in [2.75, 3.05) is 31.2 Å². The fraction of sp³-hybridized carbons (Fsp3) is 0.222. The van der Waals surface area contributed by atoms with Gasteiger partial charge >= 0.3 is 11.9 Å². The minimum Gasteiger partial charge on any atom is -0.460 e. The summed E-state index contributed by atoms with van der Waals surface area (Å²) < 4.78 is 10.6. The number of carbonyl (C=O) groups excluding carboxylic acids is 2. The van der Waals surface area contributed by atoms with Crippen molar-refractivity contribution in [2.45, 2.75) is 0 Å². The standard InChI is InChI=1S/C18H16ClNO4/c19-13-5-7-14(8-6-13)20-9-11-23-17(21)15-3-1-2-4-16(15)18(22)24-12-10-20/h1-8H,9-12H2. The van der Waals surface area contributed by atoms with Gasteiger partial charge in [0.2, 0.25) is 0 Å². The van der Waals surface area contributed by atoms with E-state index in [9.17, 15) is 9.59 Å². The van der Waals surface area contributed by atoms with Gasteiger partial charge < -0.3 is 14.4 Å². The lowest BCUT2D eigenvalue weighted by atomic mass is 10.1. The van der Waals surface area contributed by atoms with Gasteiger partial charge in [0.25, 0.3) is 0 Å². The second-order valence-electron chi connectivity index (χ2n) is 5.28. The van der Waals surface area contributed by atoms with Crippen LogP contribution in [-0.2, 0) is 9.47 Å². The monoisotopic (exact) mass is 345 g/mol. The van der Waals surface area contributed by atoms with E-state index in [0.717, 1.165) is 5.69 Å². The molecule has 2 aromatic rings. The molecule has 5 nitrogen and oxygen atoms in total. The Morgan fingerprint density at radius 2 is 1.29 bits per heavy atom. The van der Waals surface area contributed by atoms with E-state index < -0.39 is 11.9 Å². The highest BCUT2D eigenvalue weighted by atomic mass is 35.5. The number of anilines is 1. The van der Waals surface area contributed by atoms with Gasteiger partial charge in [0.05, 0.1) is 24.2 Å². The third-order valence-electron chi connectivity index (χ3n) is 3.75. The van der Waals surface area contributed by atoms with Crippen LogP contribution < -0.4 is 4.90 Å². The van der Waals surface area contributed by atoms with Crippen molar-refractivity contribution in [1.29, 1.82) is 0 Å². The molecule has 0 saturated carbocycles. The summed E-state index contributed by atoms with van der Waals surface area (Å²) in [6.45, 7) is 1.41. The van der Waals surface area contributed by atoms with Crippen molar-refractivity contribution < 1.29 is 19.1 Å². The van der Waals surface area contributed by atoms with Crippen LogP contribution >= 0.6 is 11.6 Å². The predicted octanol–water partition coefficient (Wildman–Crippen LogP) is 3.17. The number of halogens is 1. The van der Waals surface area contributed by atoms with Gasteiger partial charge in [0.1, 0.15) is 13.2 Å². The third-order valence-corrected chi connectivity index (χ3v) is 4.00. The lowest BCUT2D eigenvalue weighted by molar-refractivity contribution is 0.0488. The third kappa shape index (κ3) is 3.68. The van der Waals surface area contributed by atoms with Gasteiger partial charge in [-0.3, -0.25) is 0 Å². The van der Waals surface area contributed by atoms with Crippen LogP contribution in [0, 0.1) is 0 Å². The fourth-order valence-electron chi connectivity index (χ4n) is 2.51. The van der Waals surface area contributed by atoms with Gasteiger partial charge in [-0.2, -0.15) is 0 Å². The molecule has 0 saturated heterocycles. The average molecular weight is 346 g/mol. The van der Waals surface area contributed by atoms with Crippen LogP contribution in [0.4, 0.5) is 5.69 Å². The van der Waals surface area contributed by atoms with Crippen LogP contribution in [0.15, 0.2) is 48.5 Å². The highest BCUT2D eigenvalue weighted by Gasteiger charge is 2.20. The van der Waals surface area contributed by atoms with E-state index in [0.29, 0.717) is 18.1 Å². The topological polar surface area (TPSA) is 55.8 Å². The van der Waals surface area contributed by atoms with E-state index in [1.54, 1.807) is 36.4 Å². The van der Waals surface area contributed by atoms with Gasteiger partial charge in [-0.15, -0.1) is 0 Å². The minimum absolute atomic E-state index is 0.212. The van der Waals surface area contributed by atoms with E-state index in [1.807, 2.05) is 17.0 Å². The molecule has 0 radical (unpaired) electrons. The summed E-state index contributed by atoms with van der Waals surface area (Å²) in [5.74, 6) is -1.05. The number of hydrogen-bond donors (Lipinski definition) is 0. The molecule has 2 aromatic carbocycles. The number of fused-ring (bicyclic) bond motifs is 1. The van der Waals surface area contributed by atoms with Crippen molar-refractivity contribution in [2.24, 2.45) is 0 Å². The van der Waals surface area contributed by atoms with Crippen molar-refractivity contribution in [3.05, 3.63) is 64.7 Å². The maximum atomic E-state index is 12.2. The number of ether oxygens (including phenoxy) is 2. The molecule has 0 unspecified atom stereocenters. The van der Waals surface area contributed by atoms with E-state index in [4.69, 9.17) is 21.1 Å². The molecule has 1 aliphatic rings. The Morgan fingerprint density at radius 1 is 0.792 bits per heavy atom. The quantitative estimate of drug-likeness (QED) is 0.743. The number of benzene rings is 2. The Morgan fingerprint density at radius 3 is 1.79 bits per heavy atom. The SMILES string of the molecule is O=C1OCCN(c2ccc(Cl)cc2)CCOC(=O)c2ccccc21. The average Bonchev–Trinajstić information content (AvgIpc) is 2.62. The van der Waals surface area contributed by atoms with E-state index in [-0.39, 0.29) is 24.3 Å². The molecule has 0 bridgehead atoms. The molecule has 0 amide bonds. The van der Waals surface area contributed by atoms with Crippen LogP contribution in [0.2, 0.25) is 5.02 Å². The van der Waals surface area contributed by atoms with E-state index >= 15 is 0 Å². The molecular formula is C18H16ClNO4. The molecule has 24 heavy (non-hydrogen) atoms. The highest BCUT2D eigenvalue weighted by Crippen LogP contribution is 2.19. The molecule has 1 heterocycles. The van der Waals surface area contributed by atoms with Gasteiger partial charge in [-0.1, -0.05) is 23.7 Å². The normalized spacial score (nSPS) is 15.8. The van der Waals surface area contributed by atoms with E-state index in [1.165, 1.54) is 0 Å². The van der Waals surface area contributed by atoms with Gasteiger partial charge in [0.15, 0.2) is 0 Å². The molecule has 0 spiro atoms. The molecular weight excluding hydrogens is 330 g/mol. The first-order valence-electron chi connectivity index (χ1n) is 7.59. The molecule has 3 rings (SSSR count). The Kier molecular flexibility index (Phi) is 5.01. The predicted molar refractivity (Wildman–Crippen MR) is 90.7 cm³/mol. The Labute approximate surface area is 144 Å². The molecule has 0 atom stereocenters. The van der Waals surface area contributed by atoms with Crippen molar-refractivity contribution in [3.63, 3.8) is 0 Å². The number of esters is 2. The van der Waals surface area contributed by atoms with Crippen LogP contribution in [0.5, 0.6) is 0 Å². The van der Waals surface area contributed by atoms with Gasteiger partial charge in [0, 0.05) is 10.7 Å². The lowest BCUT2D eigenvalue weighted by Crippen LogP contribution is -2.31. The zero-order chi connectivity index (χ0) is 16.9. The smallest absolute Gasteiger partial charge is 0.339 e. The molecule has 0 fully saturated rings. The van der Waals surface area contributed by atoms with Gasteiger partial charge in [-0.25, -0.2) is 9.59 Å². The summed E-state index contributed by atoms with van der Waals surface area (Å²) in [5.41, 5.74) is 1.37. The van der Waals surface area contributed by atoms with Crippen molar-refractivity contribution in [3.8, 4) is 0 Å². The molecule has 0 aromatic heterocycles. The number of cyclic esters (lactones) is 2. The zero-order valence-corrected chi connectivity index (χ0v) is 13.7. The number of nitrogens with zero attached hydrogens (tertiary/aromatic N) is 1. The van der Waals surface area contributed by atoms with Crippen molar-refractivity contribution in [1.82, 2.24) is 0 Å². The molecule has 1 aliphatic heterocycles. The molecule has 6 heteroatoms. The summed E-state index contributed by atoms with van der Waals surface area (Å²) >= 11 is 5.91. The van der Waals surface area contributed by atoms with Crippen LogP contribution in [0.3, 0.4) is 0 Å². The second kappa shape index (κ2) is 7.36. The highest BCUT2D eigenvalue weighted by molar-refractivity contribution is 6.30. The molecule has 124 valence electrons. The summed E-state index contributed by atoms with van der Waals surface area (Å²) in [6.07, 6.45) is 0. The van der Waals surface area contributed by atoms with Crippen LogP contribution in [-0.4, -0.2) is 38.2 Å². The van der Waals surface area contributed by atoms with Crippen LogP contribution in [0.25, 0.3) is 0 Å². The maximum Gasteiger partial charge on any atom is 0.339 e. The maximum absolute atomic E-state index is 12.2. The first-order valence-corrected chi connectivity index (χ1v) is 7.97. The minimum atomic E-state index is -0.527. The summed E-state index contributed by atoms with van der Waals surface area (Å²) in [5, 5.41) is 0.643. The first kappa shape index (κ1) is 16.3. The number of hydrogen-bond acceptors (Lipinski definition) is 5.